The Balaban J connectivity index is 2.03. The number of para-hydroxylation sites is 2. The summed E-state index contributed by atoms with van der Waals surface area (Å²) in [5.41, 5.74) is 1.09. The van der Waals surface area contributed by atoms with Crippen LogP contribution in [0.5, 0.6) is 5.75 Å². The first kappa shape index (κ1) is 11.5. The Kier molecular flexibility index (Phi) is 3.19. The molecule has 0 N–H and O–H groups in total. The van der Waals surface area contributed by atoms with E-state index in [4.69, 9.17) is 4.74 Å². The summed E-state index contributed by atoms with van der Waals surface area (Å²) >= 11 is 3.41. The van der Waals surface area contributed by atoms with Crippen LogP contribution in [0.1, 0.15) is 6.42 Å². The molecule has 0 spiro atoms. The molecule has 0 atom stereocenters. The minimum Gasteiger partial charge on any atom is -0.491 e. The lowest BCUT2D eigenvalue weighted by Crippen LogP contribution is -2.18. The monoisotopic (exact) mass is 304 g/mol. The first-order valence-electron chi connectivity index (χ1n) is 5.95. The fourth-order valence-corrected chi connectivity index (χ4v) is 2.33. The summed E-state index contributed by atoms with van der Waals surface area (Å²) < 4.78 is 6.74. The van der Waals surface area contributed by atoms with Crippen LogP contribution in [0.3, 0.4) is 0 Å². The first-order valence-corrected chi connectivity index (χ1v) is 6.75. The molecule has 0 bridgehead atoms. The van der Waals surface area contributed by atoms with Gasteiger partial charge in [0, 0.05) is 17.2 Å². The lowest BCUT2D eigenvalue weighted by Gasteiger charge is -2.22. The largest absolute Gasteiger partial charge is 0.491 e. The summed E-state index contributed by atoms with van der Waals surface area (Å²) in [7, 11) is 0. The molecule has 18 heavy (non-hydrogen) atoms. The van der Waals surface area contributed by atoms with Gasteiger partial charge >= 0.3 is 0 Å². The highest BCUT2D eigenvalue weighted by atomic mass is 79.9. The third kappa shape index (κ3) is 2.20. The van der Waals surface area contributed by atoms with E-state index in [0.717, 1.165) is 41.3 Å². The van der Waals surface area contributed by atoms with Crippen LogP contribution in [0.2, 0.25) is 0 Å². The van der Waals surface area contributed by atoms with Gasteiger partial charge in [0.05, 0.1) is 12.3 Å². The van der Waals surface area contributed by atoms with Crippen molar-refractivity contribution in [2.24, 2.45) is 0 Å². The minimum atomic E-state index is 0.754. The van der Waals surface area contributed by atoms with Gasteiger partial charge < -0.3 is 9.64 Å². The minimum absolute atomic E-state index is 0.754. The molecule has 4 heteroatoms. The number of fused-ring (bicyclic) bond motifs is 1. The standard InChI is InChI=1S/C14H13BrN2O/c15-11-6-7-14(16-10-11)17-8-3-9-18-13-5-2-1-4-12(13)17/h1-2,4-7,10H,3,8-9H2. The van der Waals surface area contributed by atoms with E-state index in [2.05, 4.69) is 31.9 Å². The second kappa shape index (κ2) is 4.98. The fraction of sp³-hybridized carbons (Fsp3) is 0.214. The van der Waals surface area contributed by atoms with Gasteiger partial charge in [0.25, 0.3) is 0 Å². The summed E-state index contributed by atoms with van der Waals surface area (Å²) in [5, 5.41) is 0. The molecule has 1 aliphatic rings. The highest BCUT2D eigenvalue weighted by molar-refractivity contribution is 9.10. The molecule has 0 saturated carbocycles. The van der Waals surface area contributed by atoms with E-state index in [1.807, 2.05) is 36.5 Å². The van der Waals surface area contributed by atoms with Crippen molar-refractivity contribution in [2.45, 2.75) is 6.42 Å². The summed E-state index contributed by atoms with van der Waals surface area (Å²) in [6.45, 7) is 1.68. The SMILES string of the molecule is Brc1ccc(N2CCCOc3ccccc32)nc1. The van der Waals surface area contributed by atoms with Gasteiger partial charge in [0.2, 0.25) is 0 Å². The number of hydrogen-bond acceptors (Lipinski definition) is 3. The third-order valence-electron chi connectivity index (χ3n) is 2.93. The van der Waals surface area contributed by atoms with Gasteiger partial charge in [-0.25, -0.2) is 4.98 Å². The van der Waals surface area contributed by atoms with Gasteiger partial charge in [-0.1, -0.05) is 12.1 Å². The molecule has 92 valence electrons. The van der Waals surface area contributed by atoms with Crippen LogP contribution in [0.25, 0.3) is 0 Å². The topological polar surface area (TPSA) is 25.4 Å². The van der Waals surface area contributed by atoms with Gasteiger partial charge in [0.15, 0.2) is 0 Å². The van der Waals surface area contributed by atoms with Crippen LogP contribution in [0, 0.1) is 0 Å². The molecule has 0 aliphatic carbocycles. The molecule has 3 rings (SSSR count). The number of halogens is 1. The third-order valence-corrected chi connectivity index (χ3v) is 3.40. The van der Waals surface area contributed by atoms with Crippen LogP contribution in [0.4, 0.5) is 11.5 Å². The van der Waals surface area contributed by atoms with E-state index in [-0.39, 0.29) is 0 Å². The predicted octanol–water partition coefficient (Wildman–Crippen LogP) is 3.76. The molecule has 0 radical (unpaired) electrons. The highest BCUT2D eigenvalue weighted by Crippen LogP contribution is 2.34. The first-order chi connectivity index (χ1) is 8.84. The Morgan fingerprint density at radius 3 is 2.89 bits per heavy atom. The molecule has 2 aromatic rings. The summed E-state index contributed by atoms with van der Waals surface area (Å²) in [5.74, 6) is 1.89. The van der Waals surface area contributed by atoms with E-state index in [1.165, 1.54) is 0 Å². The average Bonchev–Trinajstić information content (AvgIpc) is 2.62. The van der Waals surface area contributed by atoms with Gasteiger partial charge in [-0.15, -0.1) is 0 Å². The maximum atomic E-state index is 5.75. The summed E-state index contributed by atoms with van der Waals surface area (Å²) in [6, 6.07) is 12.1. The molecule has 0 fully saturated rings. The molecular weight excluding hydrogens is 292 g/mol. The quantitative estimate of drug-likeness (QED) is 0.802. The highest BCUT2D eigenvalue weighted by Gasteiger charge is 2.17. The van der Waals surface area contributed by atoms with Crippen LogP contribution < -0.4 is 9.64 Å². The number of rotatable bonds is 1. The second-order valence-electron chi connectivity index (χ2n) is 4.16. The van der Waals surface area contributed by atoms with E-state index in [9.17, 15) is 0 Å². The zero-order chi connectivity index (χ0) is 12.4. The Morgan fingerprint density at radius 2 is 2.06 bits per heavy atom. The zero-order valence-electron chi connectivity index (χ0n) is 9.84. The van der Waals surface area contributed by atoms with E-state index < -0.39 is 0 Å². The van der Waals surface area contributed by atoms with E-state index >= 15 is 0 Å². The van der Waals surface area contributed by atoms with Crippen molar-refractivity contribution in [2.75, 3.05) is 18.1 Å². The molecule has 0 saturated heterocycles. The number of ether oxygens (including phenoxy) is 1. The van der Waals surface area contributed by atoms with Crippen molar-refractivity contribution in [3.05, 3.63) is 47.1 Å². The number of anilines is 2. The van der Waals surface area contributed by atoms with Gasteiger partial charge in [-0.3, -0.25) is 0 Å². The Bertz CT molecular complexity index is 542. The van der Waals surface area contributed by atoms with Crippen LogP contribution >= 0.6 is 15.9 Å². The number of aromatic nitrogens is 1. The fourth-order valence-electron chi connectivity index (χ4n) is 2.09. The number of pyridine rings is 1. The molecule has 0 amide bonds. The summed E-state index contributed by atoms with van der Waals surface area (Å²) in [6.07, 6.45) is 2.82. The Hall–Kier alpha value is -1.55. The molecule has 3 nitrogen and oxygen atoms in total. The molecule has 2 heterocycles. The predicted molar refractivity (Wildman–Crippen MR) is 75.5 cm³/mol. The molecule has 0 unspecified atom stereocenters. The van der Waals surface area contributed by atoms with Crippen LogP contribution in [-0.4, -0.2) is 18.1 Å². The van der Waals surface area contributed by atoms with Crippen molar-refractivity contribution in [1.82, 2.24) is 4.98 Å². The van der Waals surface area contributed by atoms with Crippen molar-refractivity contribution >= 4 is 27.4 Å². The van der Waals surface area contributed by atoms with Crippen molar-refractivity contribution in [1.29, 1.82) is 0 Å². The maximum Gasteiger partial charge on any atom is 0.142 e. The Morgan fingerprint density at radius 1 is 1.17 bits per heavy atom. The molecular formula is C14H13BrN2O. The number of hydrogen-bond donors (Lipinski definition) is 0. The average molecular weight is 305 g/mol. The van der Waals surface area contributed by atoms with Gasteiger partial charge in [-0.2, -0.15) is 0 Å². The van der Waals surface area contributed by atoms with Crippen molar-refractivity contribution in [3.63, 3.8) is 0 Å². The lowest BCUT2D eigenvalue weighted by atomic mass is 10.2. The smallest absolute Gasteiger partial charge is 0.142 e. The maximum absolute atomic E-state index is 5.75. The second-order valence-corrected chi connectivity index (χ2v) is 5.07. The Labute approximate surface area is 115 Å². The van der Waals surface area contributed by atoms with E-state index in [0.29, 0.717) is 0 Å². The molecule has 1 aromatic carbocycles. The van der Waals surface area contributed by atoms with Crippen LogP contribution in [0.15, 0.2) is 47.1 Å². The zero-order valence-corrected chi connectivity index (χ0v) is 11.4. The number of nitrogens with zero attached hydrogens (tertiary/aromatic N) is 2. The summed E-state index contributed by atoms with van der Waals surface area (Å²) in [4.78, 5) is 6.67. The molecule has 1 aliphatic heterocycles. The lowest BCUT2D eigenvalue weighted by molar-refractivity contribution is 0.322. The van der Waals surface area contributed by atoms with E-state index in [1.54, 1.807) is 0 Å². The van der Waals surface area contributed by atoms with Crippen molar-refractivity contribution < 1.29 is 4.74 Å². The molecule has 1 aromatic heterocycles. The van der Waals surface area contributed by atoms with Crippen LogP contribution in [-0.2, 0) is 0 Å². The van der Waals surface area contributed by atoms with Crippen molar-refractivity contribution in [3.8, 4) is 5.75 Å². The van der Waals surface area contributed by atoms with Gasteiger partial charge in [-0.05, 0) is 46.6 Å². The number of benzene rings is 1. The normalized spacial score (nSPS) is 14.6. The van der Waals surface area contributed by atoms with Gasteiger partial charge in [0.1, 0.15) is 11.6 Å².